The van der Waals surface area contributed by atoms with Gasteiger partial charge >= 0.3 is 0 Å². The minimum absolute atomic E-state index is 0.0733. The highest BCUT2D eigenvalue weighted by atomic mass is 16.5. The second kappa shape index (κ2) is 6.51. The smallest absolute Gasteiger partial charge is 0.216 e. The van der Waals surface area contributed by atoms with Crippen LogP contribution in [0.3, 0.4) is 0 Å². The van der Waals surface area contributed by atoms with Crippen LogP contribution in [0.4, 0.5) is 5.69 Å². The fourth-order valence-electron chi connectivity index (χ4n) is 1.81. The molecule has 0 aliphatic carbocycles. The van der Waals surface area contributed by atoms with Crippen molar-refractivity contribution in [1.82, 2.24) is 4.98 Å². The largest absolute Gasteiger partial charge is 0.495 e. The number of anilines is 1. The predicted molar refractivity (Wildman–Crippen MR) is 87.1 cm³/mol. The van der Waals surface area contributed by atoms with E-state index in [1.165, 1.54) is 0 Å². The van der Waals surface area contributed by atoms with Crippen LogP contribution in [0, 0.1) is 0 Å². The van der Waals surface area contributed by atoms with Crippen LogP contribution in [-0.2, 0) is 12.0 Å². The van der Waals surface area contributed by atoms with Gasteiger partial charge in [-0.25, -0.2) is 9.98 Å². The van der Waals surface area contributed by atoms with E-state index in [1.54, 1.807) is 13.3 Å². The maximum atomic E-state index is 5.88. The summed E-state index contributed by atoms with van der Waals surface area (Å²) in [4.78, 5) is 8.45. The Hall–Kier alpha value is -2.50. The number of hydrogen-bond acceptors (Lipinski definition) is 4. The number of nitrogens with two attached hydrogens (primary N) is 1. The first kappa shape index (κ1) is 15.9. The second-order valence-electron chi connectivity index (χ2n) is 5.90. The van der Waals surface area contributed by atoms with Gasteiger partial charge in [0.2, 0.25) is 5.89 Å². The Morgan fingerprint density at radius 2 is 2.09 bits per heavy atom. The molecule has 1 aromatic heterocycles. The van der Waals surface area contributed by atoms with E-state index in [1.807, 2.05) is 24.3 Å². The number of aromatic nitrogens is 1. The van der Waals surface area contributed by atoms with E-state index >= 15 is 0 Å². The second-order valence-corrected chi connectivity index (χ2v) is 5.90. The highest BCUT2D eigenvalue weighted by molar-refractivity contribution is 5.93. The third kappa shape index (κ3) is 4.00. The van der Waals surface area contributed by atoms with Crippen LogP contribution in [0.1, 0.15) is 32.4 Å². The summed E-state index contributed by atoms with van der Waals surface area (Å²) >= 11 is 0. The summed E-state index contributed by atoms with van der Waals surface area (Å²) in [6.07, 6.45) is 1.73. The average Bonchev–Trinajstić information content (AvgIpc) is 2.95. The van der Waals surface area contributed by atoms with Gasteiger partial charge in [0.15, 0.2) is 5.96 Å². The van der Waals surface area contributed by atoms with E-state index in [0.717, 1.165) is 11.4 Å². The summed E-state index contributed by atoms with van der Waals surface area (Å²) < 4.78 is 10.9. The van der Waals surface area contributed by atoms with Gasteiger partial charge in [-0.1, -0.05) is 32.9 Å². The number of nitrogens with one attached hydrogen (secondary N) is 1. The van der Waals surface area contributed by atoms with Gasteiger partial charge in [-0.15, -0.1) is 0 Å². The molecule has 3 N–H and O–H groups in total. The minimum atomic E-state index is -0.0733. The maximum absolute atomic E-state index is 5.88. The molecule has 0 aliphatic rings. The Kier molecular flexibility index (Phi) is 4.70. The van der Waals surface area contributed by atoms with Gasteiger partial charge in [0.1, 0.15) is 18.1 Å². The van der Waals surface area contributed by atoms with Crippen LogP contribution in [0.2, 0.25) is 0 Å². The molecule has 0 radical (unpaired) electrons. The molecule has 6 heteroatoms. The van der Waals surface area contributed by atoms with Crippen molar-refractivity contribution in [2.75, 3.05) is 12.4 Å². The molecule has 0 unspecified atom stereocenters. The molecule has 2 aromatic rings. The van der Waals surface area contributed by atoms with Gasteiger partial charge in [0.05, 0.1) is 19.0 Å². The quantitative estimate of drug-likeness (QED) is 0.670. The molecule has 0 amide bonds. The van der Waals surface area contributed by atoms with E-state index in [2.05, 4.69) is 36.1 Å². The van der Waals surface area contributed by atoms with E-state index in [4.69, 9.17) is 14.9 Å². The van der Waals surface area contributed by atoms with Crippen molar-refractivity contribution >= 4 is 11.6 Å². The van der Waals surface area contributed by atoms with Crippen molar-refractivity contribution in [3.8, 4) is 5.75 Å². The number of benzene rings is 1. The summed E-state index contributed by atoms with van der Waals surface area (Å²) in [6, 6.07) is 7.49. The molecule has 0 atom stereocenters. The lowest BCUT2D eigenvalue weighted by molar-refractivity contribution is 0.383. The van der Waals surface area contributed by atoms with Crippen LogP contribution in [0.25, 0.3) is 0 Å². The van der Waals surface area contributed by atoms with Crippen molar-refractivity contribution in [1.29, 1.82) is 0 Å². The summed E-state index contributed by atoms with van der Waals surface area (Å²) in [7, 11) is 1.61. The topological polar surface area (TPSA) is 85.7 Å². The molecular formula is C16H22N4O2. The van der Waals surface area contributed by atoms with Crippen molar-refractivity contribution in [3.63, 3.8) is 0 Å². The van der Waals surface area contributed by atoms with Gasteiger partial charge in [0, 0.05) is 5.41 Å². The van der Waals surface area contributed by atoms with Crippen LogP contribution >= 0.6 is 0 Å². The van der Waals surface area contributed by atoms with Crippen LogP contribution in [0.15, 0.2) is 39.9 Å². The molecule has 6 nitrogen and oxygen atoms in total. The Morgan fingerprint density at radius 1 is 1.36 bits per heavy atom. The molecule has 2 rings (SSSR count). The molecule has 0 bridgehead atoms. The zero-order chi connectivity index (χ0) is 16.2. The van der Waals surface area contributed by atoms with Crippen LogP contribution in [-0.4, -0.2) is 18.1 Å². The molecule has 1 heterocycles. The van der Waals surface area contributed by atoms with Gasteiger partial charge in [0.25, 0.3) is 0 Å². The number of oxazole rings is 1. The number of rotatable bonds is 4. The minimum Gasteiger partial charge on any atom is -0.495 e. The normalized spacial score (nSPS) is 12.3. The van der Waals surface area contributed by atoms with E-state index < -0.39 is 0 Å². The fraction of sp³-hybridized carbons (Fsp3) is 0.375. The third-order valence-electron chi connectivity index (χ3n) is 3.05. The first-order valence-corrected chi connectivity index (χ1v) is 7.05. The molecule has 118 valence electrons. The number of nitrogens with zero attached hydrogens (tertiary/aromatic N) is 2. The van der Waals surface area contributed by atoms with E-state index in [-0.39, 0.29) is 17.9 Å². The van der Waals surface area contributed by atoms with E-state index in [0.29, 0.717) is 11.6 Å². The number of guanidine groups is 1. The Bertz CT molecular complexity index is 656. The third-order valence-corrected chi connectivity index (χ3v) is 3.05. The monoisotopic (exact) mass is 302 g/mol. The number of methoxy groups -OCH3 is 1. The highest BCUT2D eigenvalue weighted by Gasteiger charge is 2.18. The summed E-state index contributed by atoms with van der Waals surface area (Å²) in [5.74, 6) is 2.34. The summed E-state index contributed by atoms with van der Waals surface area (Å²) in [6.45, 7) is 6.48. The molecule has 0 spiro atoms. The first-order valence-electron chi connectivity index (χ1n) is 7.05. The lowest BCUT2D eigenvalue weighted by atomic mass is 9.94. The van der Waals surface area contributed by atoms with Gasteiger partial charge < -0.3 is 20.2 Å². The molecule has 0 saturated heterocycles. The molecule has 0 fully saturated rings. The van der Waals surface area contributed by atoms with Crippen molar-refractivity contribution in [3.05, 3.63) is 42.1 Å². The Labute approximate surface area is 130 Å². The number of ether oxygens (including phenoxy) is 1. The summed E-state index contributed by atoms with van der Waals surface area (Å²) in [5.41, 5.74) is 6.57. The highest BCUT2D eigenvalue weighted by Crippen LogP contribution is 2.24. The van der Waals surface area contributed by atoms with Crippen LogP contribution < -0.4 is 15.8 Å². The van der Waals surface area contributed by atoms with Crippen molar-refractivity contribution < 1.29 is 9.15 Å². The van der Waals surface area contributed by atoms with Crippen molar-refractivity contribution in [2.45, 2.75) is 32.7 Å². The zero-order valence-corrected chi connectivity index (χ0v) is 13.4. The molecular weight excluding hydrogens is 280 g/mol. The zero-order valence-electron chi connectivity index (χ0n) is 13.4. The molecule has 22 heavy (non-hydrogen) atoms. The molecule has 0 aliphatic heterocycles. The Morgan fingerprint density at radius 3 is 2.73 bits per heavy atom. The predicted octanol–water partition coefficient (Wildman–Crippen LogP) is 2.91. The molecule has 0 saturated carbocycles. The average molecular weight is 302 g/mol. The Balaban J connectivity index is 2.02. The van der Waals surface area contributed by atoms with Gasteiger partial charge in [-0.05, 0) is 12.1 Å². The first-order chi connectivity index (χ1) is 10.4. The SMILES string of the molecule is COc1ccccc1NC(N)=NCc1ncc(C(C)(C)C)o1. The summed E-state index contributed by atoms with van der Waals surface area (Å²) in [5, 5.41) is 3.00. The molecule has 1 aromatic carbocycles. The van der Waals surface area contributed by atoms with Crippen LogP contribution in [0.5, 0.6) is 5.75 Å². The lowest BCUT2D eigenvalue weighted by Crippen LogP contribution is -2.22. The fourth-order valence-corrected chi connectivity index (χ4v) is 1.81. The number of hydrogen-bond donors (Lipinski definition) is 2. The lowest BCUT2D eigenvalue weighted by Gasteiger charge is -2.13. The van der Waals surface area contributed by atoms with Gasteiger partial charge in [-0.2, -0.15) is 0 Å². The standard InChI is InChI=1S/C16H22N4O2/c1-16(2,3)13-9-18-14(22-13)10-19-15(17)20-11-7-5-6-8-12(11)21-4/h5-9H,10H2,1-4H3,(H3,17,19,20). The maximum Gasteiger partial charge on any atom is 0.216 e. The number of aliphatic imine (C=N–C) groups is 1. The van der Waals surface area contributed by atoms with Crippen molar-refractivity contribution in [2.24, 2.45) is 10.7 Å². The van der Waals surface area contributed by atoms with E-state index in [9.17, 15) is 0 Å². The number of para-hydroxylation sites is 2. The van der Waals surface area contributed by atoms with Gasteiger partial charge in [-0.3, -0.25) is 0 Å².